The molecule has 0 bridgehead atoms. The molecule has 0 spiro atoms. The molecule has 1 fully saturated rings. The lowest BCUT2D eigenvalue weighted by Gasteiger charge is -2.34. The maximum Gasteiger partial charge on any atom is 0.319 e. The van der Waals surface area contributed by atoms with E-state index in [1.807, 2.05) is 0 Å². The third kappa shape index (κ3) is 3.04. The van der Waals surface area contributed by atoms with Crippen LogP contribution in [-0.4, -0.2) is 23.9 Å². The predicted molar refractivity (Wildman–Crippen MR) is 60.8 cm³/mol. The highest BCUT2D eigenvalue weighted by atomic mass is 16.6. The van der Waals surface area contributed by atoms with Crippen molar-refractivity contribution in [2.45, 2.75) is 58.1 Å². The number of hydrogen-bond acceptors (Lipinski definition) is 4. The van der Waals surface area contributed by atoms with Gasteiger partial charge in [0.25, 0.3) is 0 Å². The zero-order chi connectivity index (χ0) is 12.4. The van der Waals surface area contributed by atoms with Gasteiger partial charge in [-0.05, 0) is 46.5 Å². The summed E-state index contributed by atoms with van der Waals surface area (Å²) in [5, 5.41) is 0. The Morgan fingerprint density at radius 3 is 2.25 bits per heavy atom. The van der Waals surface area contributed by atoms with Gasteiger partial charge in [-0.15, -0.1) is 0 Å². The van der Waals surface area contributed by atoms with Gasteiger partial charge in [-0.2, -0.15) is 0 Å². The Labute approximate surface area is 96.5 Å². The minimum absolute atomic E-state index is 0.107. The smallest absolute Gasteiger partial charge is 0.319 e. The van der Waals surface area contributed by atoms with E-state index >= 15 is 0 Å². The number of ether oxygens (including phenoxy) is 1. The molecule has 1 rings (SSSR count). The molecule has 0 atom stereocenters. The Balaban J connectivity index is 2.73. The van der Waals surface area contributed by atoms with Crippen LogP contribution in [0.5, 0.6) is 0 Å². The lowest BCUT2D eigenvalue weighted by molar-refractivity contribution is -0.170. The first-order valence-corrected chi connectivity index (χ1v) is 5.74. The van der Waals surface area contributed by atoms with Gasteiger partial charge in [-0.3, -0.25) is 4.79 Å². The molecule has 0 aliphatic heterocycles. The highest BCUT2D eigenvalue weighted by molar-refractivity contribution is 5.93. The molecule has 1 saturated carbocycles. The van der Waals surface area contributed by atoms with Gasteiger partial charge in [0.2, 0.25) is 0 Å². The normalized spacial score (nSPS) is 30.9. The molecule has 4 heteroatoms. The van der Waals surface area contributed by atoms with Gasteiger partial charge >= 0.3 is 5.97 Å². The summed E-state index contributed by atoms with van der Waals surface area (Å²) in [6.07, 6.45) is 3.17. The van der Waals surface area contributed by atoms with Crippen molar-refractivity contribution < 1.29 is 14.3 Å². The Kier molecular flexibility index (Phi) is 3.73. The molecule has 0 radical (unpaired) electrons. The van der Waals surface area contributed by atoms with Crippen molar-refractivity contribution in [3.05, 3.63) is 0 Å². The summed E-state index contributed by atoms with van der Waals surface area (Å²) in [4.78, 5) is 23.2. The first kappa shape index (κ1) is 13.2. The highest BCUT2D eigenvalue weighted by Crippen LogP contribution is 2.36. The number of carbonyl (C=O) groups excluding carboxylic acids is 2. The molecule has 1 aliphatic rings. The van der Waals surface area contributed by atoms with Crippen LogP contribution < -0.4 is 5.73 Å². The van der Waals surface area contributed by atoms with Gasteiger partial charge < -0.3 is 15.3 Å². The zero-order valence-electron chi connectivity index (χ0n) is 10.3. The Morgan fingerprint density at radius 1 is 1.38 bits per heavy atom. The van der Waals surface area contributed by atoms with Crippen molar-refractivity contribution in [2.24, 2.45) is 11.1 Å². The molecule has 0 saturated heterocycles. The van der Waals surface area contributed by atoms with Crippen LogP contribution in [0, 0.1) is 5.41 Å². The minimum Gasteiger partial charge on any atom is -0.459 e. The largest absolute Gasteiger partial charge is 0.459 e. The summed E-state index contributed by atoms with van der Waals surface area (Å²) in [6.45, 7) is 5.41. The molecule has 2 N–H and O–H groups in total. The quantitative estimate of drug-likeness (QED) is 0.440. The fourth-order valence-electron chi connectivity index (χ4n) is 1.91. The second-order valence-electron chi connectivity index (χ2n) is 5.61. The molecule has 0 aromatic rings. The summed E-state index contributed by atoms with van der Waals surface area (Å²) >= 11 is 0. The fraction of sp³-hybridized carbons (Fsp3) is 0.833. The van der Waals surface area contributed by atoms with Gasteiger partial charge in [-0.1, -0.05) is 0 Å². The van der Waals surface area contributed by atoms with Crippen molar-refractivity contribution in [3.63, 3.8) is 0 Å². The summed E-state index contributed by atoms with van der Waals surface area (Å²) in [5.41, 5.74) is 4.27. The van der Waals surface area contributed by atoms with Crippen LogP contribution >= 0.6 is 0 Å². The topological polar surface area (TPSA) is 69.4 Å². The molecule has 4 nitrogen and oxygen atoms in total. The molecule has 0 amide bonds. The van der Waals surface area contributed by atoms with Crippen LogP contribution in [-0.2, 0) is 14.3 Å². The minimum atomic E-state index is -0.955. The predicted octanol–water partition coefficient (Wildman–Crippen LogP) is 1.41. The van der Waals surface area contributed by atoms with Crippen LogP contribution in [0.1, 0.15) is 46.5 Å². The first-order valence-electron chi connectivity index (χ1n) is 5.74. The van der Waals surface area contributed by atoms with E-state index in [1.54, 1.807) is 20.8 Å². The summed E-state index contributed by atoms with van der Waals surface area (Å²) in [7, 11) is 0. The highest BCUT2D eigenvalue weighted by Gasteiger charge is 2.43. The molecule has 0 aromatic heterocycles. The van der Waals surface area contributed by atoms with E-state index in [9.17, 15) is 9.59 Å². The Hall–Kier alpha value is -0.900. The number of rotatable bonds is 2. The van der Waals surface area contributed by atoms with Gasteiger partial charge in [0.1, 0.15) is 17.3 Å². The number of hydrogen-bond donors (Lipinski definition) is 1. The van der Waals surface area contributed by atoms with E-state index in [4.69, 9.17) is 10.5 Å². The lowest BCUT2D eigenvalue weighted by Crippen LogP contribution is -2.44. The maximum atomic E-state index is 12.0. The summed E-state index contributed by atoms with van der Waals surface area (Å²) in [6, 6.07) is 0.107. The van der Waals surface area contributed by atoms with Gasteiger partial charge in [0, 0.05) is 6.04 Å². The molecule has 0 unspecified atom stereocenters. The molecule has 0 heterocycles. The Morgan fingerprint density at radius 2 is 1.88 bits per heavy atom. The molecular formula is C12H21NO3. The second-order valence-corrected chi connectivity index (χ2v) is 5.61. The monoisotopic (exact) mass is 227 g/mol. The Bertz CT molecular complexity index is 272. The number of aldehydes is 1. The zero-order valence-corrected chi connectivity index (χ0v) is 10.3. The SMILES string of the molecule is CC(C)(C)OC(=O)C1(C=O)CCC(N)CC1. The third-order valence-electron chi connectivity index (χ3n) is 2.95. The van der Waals surface area contributed by atoms with Gasteiger partial charge in [0.15, 0.2) is 0 Å². The number of esters is 1. The van der Waals surface area contributed by atoms with Crippen LogP contribution in [0.2, 0.25) is 0 Å². The van der Waals surface area contributed by atoms with Gasteiger partial charge in [-0.25, -0.2) is 0 Å². The third-order valence-corrected chi connectivity index (χ3v) is 2.95. The molecule has 0 aromatic carbocycles. The van der Waals surface area contributed by atoms with Crippen molar-refractivity contribution in [1.82, 2.24) is 0 Å². The van der Waals surface area contributed by atoms with E-state index in [1.165, 1.54) is 0 Å². The van der Waals surface area contributed by atoms with Crippen LogP contribution in [0.4, 0.5) is 0 Å². The second kappa shape index (κ2) is 4.53. The molecular weight excluding hydrogens is 206 g/mol. The summed E-state index contributed by atoms with van der Waals surface area (Å²) in [5.74, 6) is -0.401. The van der Waals surface area contributed by atoms with Crippen molar-refractivity contribution in [2.75, 3.05) is 0 Å². The lowest BCUT2D eigenvalue weighted by atomic mass is 9.73. The van der Waals surface area contributed by atoms with Crippen molar-refractivity contribution in [1.29, 1.82) is 0 Å². The average Bonchev–Trinajstić information content (AvgIpc) is 2.17. The standard InChI is InChI=1S/C12H21NO3/c1-11(2,3)16-10(15)12(8-14)6-4-9(13)5-7-12/h8-9H,4-7,13H2,1-3H3. The van der Waals surface area contributed by atoms with E-state index in [0.717, 1.165) is 6.29 Å². The maximum absolute atomic E-state index is 12.0. The molecule has 16 heavy (non-hydrogen) atoms. The van der Waals surface area contributed by atoms with E-state index in [-0.39, 0.29) is 6.04 Å². The number of carbonyl (C=O) groups is 2. The first-order chi connectivity index (χ1) is 7.29. The van der Waals surface area contributed by atoms with E-state index in [0.29, 0.717) is 25.7 Å². The van der Waals surface area contributed by atoms with Gasteiger partial charge in [0.05, 0.1) is 0 Å². The fourth-order valence-corrected chi connectivity index (χ4v) is 1.91. The summed E-state index contributed by atoms with van der Waals surface area (Å²) < 4.78 is 5.30. The van der Waals surface area contributed by atoms with Crippen LogP contribution in [0.15, 0.2) is 0 Å². The number of nitrogens with two attached hydrogens (primary N) is 1. The van der Waals surface area contributed by atoms with Crippen molar-refractivity contribution in [3.8, 4) is 0 Å². The van der Waals surface area contributed by atoms with E-state index < -0.39 is 17.0 Å². The van der Waals surface area contributed by atoms with Crippen molar-refractivity contribution >= 4 is 12.3 Å². The molecule has 92 valence electrons. The average molecular weight is 227 g/mol. The molecule has 1 aliphatic carbocycles. The van der Waals surface area contributed by atoms with Crippen LogP contribution in [0.25, 0.3) is 0 Å². The van der Waals surface area contributed by atoms with E-state index in [2.05, 4.69) is 0 Å². The van der Waals surface area contributed by atoms with Crippen LogP contribution in [0.3, 0.4) is 0 Å².